The maximum atomic E-state index is 12.3. The lowest BCUT2D eigenvalue weighted by Gasteiger charge is -2.36. The standard InChI is InChI=1S/C12H18N4O3.ClH/c1-7-5-16(6-8(2)14-7)11(18)9-4-13-12(19)15(3)10(9)17;/h4,7-8,14H,5-6H2,1-3H3,(H,13,19);1H. The van der Waals surface area contributed by atoms with E-state index in [0.717, 1.165) is 4.57 Å². The van der Waals surface area contributed by atoms with Crippen LogP contribution in [0.15, 0.2) is 15.8 Å². The second kappa shape index (κ2) is 6.23. The summed E-state index contributed by atoms with van der Waals surface area (Å²) in [5.41, 5.74) is -1.08. The van der Waals surface area contributed by atoms with Gasteiger partial charge in [-0.25, -0.2) is 4.79 Å². The van der Waals surface area contributed by atoms with E-state index in [9.17, 15) is 14.4 Å². The molecule has 2 unspecified atom stereocenters. The van der Waals surface area contributed by atoms with Crippen LogP contribution in [0.2, 0.25) is 0 Å². The molecule has 0 bridgehead atoms. The quantitative estimate of drug-likeness (QED) is 0.719. The molecular weight excluding hydrogens is 284 g/mol. The Bertz CT molecular complexity index is 599. The third kappa shape index (κ3) is 3.10. The summed E-state index contributed by atoms with van der Waals surface area (Å²) in [6, 6.07) is 0.360. The van der Waals surface area contributed by atoms with Gasteiger partial charge in [-0.15, -0.1) is 12.4 Å². The SMILES string of the molecule is CC1CN(C(=O)c2c[nH]c(=O)n(C)c2=O)CC(C)N1.Cl. The van der Waals surface area contributed by atoms with Gasteiger partial charge < -0.3 is 15.2 Å². The second-order valence-corrected chi connectivity index (χ2v) is 5.05. The summed E-state index contributed by atoms with van der Waals surface area (Å²) in [7, 11) is 1.35. The van der Waals surface area contributed by atoms with Gasteiger partial charge >= 0.3 is 5.69 Å². The Balaban J connectivity index is 0.00000200. The molecule has 20 heavy (non-hydrogen) atoms. The molecule has 0 aliphatic carbocycles. The highest BCUT2D eigenvalue weighted by Gasteiger charge is 2.27. The van der Waals surface area contributed by atoms with Crippen molar-refractivity contribution >= 4 is 18.3 Å². The molecule has 0 spiro atoms. The molecular formula is C12H19ClN4O3. The first kappa shape index (κ1) is 16.5. The van der Waals surface area contributed by atoms with Gasteiger partial charge in [-0.05, 0) is 13.8 Å². The number of nitrogens with one attached hydrogen (secondary N) is 2. The van der Waals surface area contributed by atoms with Crippen LogP contribution < -0.4 is 16.6 Å². The van der Waals surface area contributed by atoms with E-state index in [2.05, 4.69) is 10.3 Å². The van der Waals surface area contributed by atoms with Crippen LogP contribution in [0, 0.1) is 0 Å². The fourth-order valence-corrected chi connectivity index (χ4v) is 2.38. The lowest BCUT2D eigenvalue weighted by Crippen LogP contribution is -2.56. The van der Waals surface area contributed by atoms with E-state index in [0.29, 0.717) is 13.1 Å². The van der Waals surface area contributed by atoms with Crippen LogP contribution in [0.25, 0.3) is 0 Å². The molecule has 1 saturated heterocycles. The number of carbonyl (C=O) groups is 1. The van der Waals surface area contributed by atoms with Crippen molar-refractivity contribution in [2.45, 2.75) is 25.9 Å². The molecule has 1 amide bonds. The number of hydrogen-bond donors (Lipinski definition) is 2. The van der Waals surface area contributed by atoms with Crippen LogP contribution in [-0.2, 0) is 7.05 Å². The number of rotatable bonds is 1. The topological polar surface area (TPSA) is 87.2 Å². The van der Waals surface area contributed by atoms with E-state index in [-0.39, 0.29) is 36.0 Å². The molecule has 1 fully saturated rings. The molecule has 7 nitrogen and oxygen atoms in total. The van der Waals surface area contributed by atoms with Crippen LogP contribution in [-0.4, -0.2) is 45.5 Å². The number of aromatic amines is 1. The minimum atomic E-state index is -0.562. The minimum absolute atomic E-state index is 0. The summed E-state index contributed by atoms with van der Waals surface area (Å²) in [5.74, 6) is -0.336. The molecule has 1 aromatic rings. The monoisotopic (exact) mass is 302 g/mol. The summed E-state index contributed by atoms with van der Waals surface area (Å²) in [5, 5.41) is 3.32. The van der Waals surface area contributed by atoms with Gasteiger partial charge in [0.15, 0.2) is 0 Å². The normalized spacial score (nSPS) is 22.2. The predicted molar refractivity (Wildman–Crippen MR) is 77.5 cm³/mol. The maximum Gasteiger partial charge on any atom is 0.328 e. The zero-order valence-electron chi connectivity index (χ0n) is 11.7. The molecule has 8 heteroatoms. The molecule has 112 valence electrons. The summed E-state index contributed by atoms with van der Waals surface area (Å²) in [4.78, 5) is 39.6. The summed E-state index contributed by atoms with van der Waals surface area (Å²) < 4.78 is 0.905. The van der Waals surface area contributed by atoms with E-state index in [4.69, 9.17) is 0 Å². The van der Waals surface area contributed by atoms with Crippen molar-refractivity contribution < 1.29 is 4.79 Å². The highest BCUT2D eigenvalue weighted by molar-refractivity contribution is 5.93. The van der Waals surface area contributed by atoms with Crippen molar-refractivity contribution in [2.75, 3.05) is 13.1 Å². The van der Waals surface area contributed by atoms with Crippen LogP contribution in [0.3, 0.4) is 0 Å². The third-order valence-electron chi connectivity index (χ3n) is 3.25. The third-order valence-corrected chi connectivity index (χ3v) is 3.25. The van der Waals surface area contributed by atoms with Gasteiger partial charge in [0.25, 0.3) is 11.5 Å². The highest BCUT2D eigenvalue weighted by Crippen LogP contribution is 2.07. The van der Waals surface area contributed by atoms with Crippen molar-refractivity contribution in [1.82, 2.24) is 19.8 Å². The Morgan fingerprint density at radius 3 is 2.35 bits per heavy atom. The average molecular weight is 303 g/mol. The van der Waals surface area contributed by atoms with E-state index in [1.54, 1.807) is 4.90 Å². The summed E-state index contributed by atoms with van der Waals surface area (Å²) >= 11 is 0. The van der Waals surface area contributed by atoms with Crippen LogP contribution in [0.1, 0.15) is 24.2 Å². The Hall–Kier alpha value is -1.60. The number of H-pyrrole nitrogens is 1. The average Bonchev–Trinajstić information content (AvgIpc) is 2.34. The lowest BCUT2D eigenvalue weighted by atomic mass is 10.1. The van der Waals surface area contributed by atoms with Gasteiger partial charge in [-0.2, -0.15) is 0 Å². The first-order chi connectivity index (χ1) is 8.90. The predicted octanol–water partition coefficient (Wildman–Crippen LogP) is -0.682. The van der Waals surface area contributed by atoms with Gasteiger partial charge in [0.2, 0.25) is 0 Å². The van der Waals surface area contributed by atoms with Gasteiger partial charge in [-0.1, -0.05) is 0 Å². The van der Waals surface area contributed by atoms with Crippen LogP contribution in [0.4, 0.5) is 0 Å². The van der Waals surface area contributed by atoms with Gasteiger partial charge in [-0.3, -0.25) is 14.2 Å². The Labute approximate surface area is 122 Å². The Morgan fingerprint density at radius 2 is 1.80 bits per heavy atom. The minimum Gasteiger partial charge on any atom is -0.335 e. The Kier molecular flexibility index (Phi) is 5.13. The van der Waals surface area contributed by atoms with E-state index in [1.165, 1.54) is 13.2 Å². The van der Waals surface area contributed by atoms with Crippen molar-refractivity contribution in [3.63, 3.8) is 0 Å². The highest BCUT2D eigenvalue weighted by atomic mass is 35.5. The molecule has 2 atom stereocenters. The van der Waals surface area contributed by atoms with E-state index < -0.39 is 11.2 Å². The van der Waals surface area contributed by atoms with E-state index in [1.807, 2.05) is 13.8 Å². The van der Waals surface area contributed by atoms with Crippen molar-refractivity contribution in [2.24, 2.45) is 7.05 Å². The van der Waals surface area contributed by atoms with Crippen LogP contribution >= 0.6 is 12.4 Å². The first-order valence-corrected chi connectivity index (χ1v) is 6.24. The molecule has 1 aromatic heterocycles. The van der Waals surface area contributed by atoms with Gasteiger partial charge in [0.1, 0.15) is 5.56 Å². The molecule has 2 N–H and O–H groups in total. The smallest absolute Gasteiger partial charge is 0.328 e. The molecule has 1 aliphatic heterocycles. The maximum absolute atomic E-state index is 12.3. The summed E-state index contributed by atoms with van der Waals surface area (Å²) in [6.45, 7) is 5.07. The van der Waals surface area contributed by atoms with Crippen molar-refractivity contribution in [3.05, 3.63) is 32.6 Å². The Morgan fingerprint density at radius 1 is 1.25 bits per heavy atom. The van der Waals surface area contributed by atoms with Crippen molar-refractivity contribution in [3.8, 4) is 0 Å². The zero-order valence-corrected chi connectivity index (χ0v) is 12.5. The molecule has 1 aliphatic rings. The van der Waals surface area contributed by atoms with Gasteiger partial charge in [0.05, 0.1) is 0 Å². The zero-order chi connectivity index (χ0) is 14.2. The number of carbonyl (C=O) groups excluding carboxylic acids is 1. The number of hydrogen-bond acceptors (Lipinski definition) is 4. The van der Waals surface area contributed by atoms with Crippen LogP contribution in [0.5, 0.6) is 0 Å². The molecule has 0 radical (unpaired) electrons. The number of halogens is 1. The van der Waals surface area contributed by atoms with Crippen molar-refractivity contribution in [1.29, 1.82) is 0 Å². The fraction of sp³-hybridized carbons (Fsp3) is 0.583. The fourth-order valence-electron chi connectivity index (χ4n) is 2.38. The number of nitrogens with zero attached hydrogens (tertiary/aromatic N) is 2. The number of amides is 1. The van der Waals surface area contributed by atoms with E-state index >= 15 is 0 Å². The second-order valence-electron chi connectivity index (χ2n) is 5.05. The number of piperazine rings is 1. The number of aromatic nitrogens is 2. The van der Waals surface area contributed by atoms with Gasteiger partial charge in [0, 0.05) is 38.4 Å². The lowest BCUT2D eigenvalue weighted by molar-refractivity contribution is 0.0670. The molecule has 2 heterocycles. The first-order valence-electron chi connectivity index (χ1n) is 6.24. The summed E-state index contributed by atoms with van der Waals surface area (Å²) in [6.07, 6.45) is 1.20. The molecule has 0 saturated carbocycles. The largest absolute Gasteiger partial charge is 0.335 e. The molecule has 0 aromatic carbocycles. The molecule has 2 rings (SSSR count).